The van der Waals surface area contributed by atoms with Crippen LogP contribution in [0.15, 0.2) is 15.6 Å². The van der Waals surface area contributed by atoms with Crippen molar-refractivity contribution < 1.29 is 9.26 Å². The fraction of sp³-hybridized carbons (Fsp3) is 0.789. The Morgan fingerprint density at radius 1 is 1.19 bits per heavy atom. The molecule has 1 atom stereocenters. The van der Waals surface area contributed by atoms with E-state index in [2.05, 4.69) is 37.1 Å². The number of aliphatic imine (C=N–C) groups is 1. The molecule has 2 fully saturated rings. The van der Waals surface area contributed by atoms with Crippen molar-refractivity contribution in [3.8, 4) is 0 Å². The van der Waals surface area contributed by atoms with Crippen molar-refractivity contribution in [3.05, 3.63) is 17.5 Å². The molecule has 8 nitrogen and oxygen atoms in total. The first-order valence-corrected chi connectivity index (χ1v) is 10.0. The molecule has 2 aliphatic rings. The summed E-state index contributed by atoms with van der Waals surface area (Å²) in [5.74, 6) is 2.47. The maximum atomic E-state index is 5.43. The predicted octanol–water partition coefficient (Wildman–Crippen LogP) is 0.644. The van der Waals surface area contributed by atoms with Gasteiger partial charge < -0.3 is 19.5 Å². The lowest BCUT2D eigenvalue weighted by Crippen LogP contribution is -2.53. The van der Waals surface area contributed by atoms with Gasteiger partial charge in [-0.05, 0) is 12.8 Å². The summed E-state index contributed by atoms with van der Waals surface area (Å²) in [7, 11) is 1.87. The molecule has 0 amide bonds. The normalized spacial score (nSPS) is 21.4. The van der Waals surface area contributed by atoms with E-state index in [1.807, 2.05) is 20.0 Å². The smallest absolute Gasteiger partial charge is 0.193 e. The maximum absolute atomic E-state index is 5.43. The molecule has 0 spiro atoms. The van der Waals surface area contributed by atoms with E-state index in [9.17, 15) is 0 Å². The van der Waals surface area contributed by atoms with E-state index in [0.717, 1.165) is 89.5 Å². The van der Waals surface area contributed by atoms with Gasteiger partial charge in [-0.15, -0.1) is 0 Å². The Labute approximate surface area is 162 Å². The van der Waals surface area contributed by atoms with E-state index in [0.29, 0.717) is 5.92 Å². The Bertz CT molecular complexity index is 591. The lowest BCUT2D eigenvalue weighted by atomic mass is 10.1. The maximum Gasteiger partial charge on any atom is 0.193 e. The number of hydrogen-bond donors (Lipinski definition) is 1. The second kappa shape index (κ2) is 10.1. The van der Waals surface area contributed by atoms with Crippen LogP contribution in [0.2, 0.25) is 0 Å². The van der Waals surface area contributed by atoms with Crippen LogP contribution in [0.3, 0.4) is 0 Å². The van der Waals surface area contributed by atoms with Crippen LogP contribution in [0.1, 0.15) is 18.4 Å². The molecule has 1 aromatic rings. The van der Waals surface area contributed by atoms with Gasteiger partial charge in [-0.3, -0.25) is 14.8 Å². The van der Waals surface area contributed by atoms with Crippen molar-refractivity contribution in [2.24, 2.45) is 10.9 Å². The van der Waals surface area contributed by atoms with Crippen LogP contribution >= 0.6 is 0 Å². The van der Waals surface area contributed by atoms with E-state index in [1.54, 1.807) is 0 Å². The van der Waals surface area contributed by atoms with E-state index in [1.165, 1.54) is 0 Å². The van der Waals surface area contributed by atoms with Crippen molar-refractivity contribution >= 4 is 5.96 Å². The summed E-state index contributed by atoms with van der Waals surface area (Å²) in [6.45, 7) is 14.9. The zero-order chi connectivity index (χ0) is 19.1. The van der Waals surface area contributed by atoms with Gasteiger partial charge >= 0.3 is 0 Å². The van der Waals surface area contributed by atoms with Gasteiger partial charge in [0.05, 0.1) is 18.9 Å². The molecule has 152 valence electrons. The molecule has 2 saturated heterocycles. The molecule has 3 heterocycles. The van der Waals surface area contributed by atoms with Crippen molar-refractivity contribution in [3.63, 3.8) is 0 Å². The second-order valence-corrected chi connectivity index (χ2v) is 7.64. The number of nitrogens with zero attached hydrogens (tertiary/aromatic N) is 5. The zero-order valence-corrected chi connectivity index (χ0v) is 17.0. The van der Waals surface area contributed by atoms with E-state index < -0.39 is 0 Å². The molecule has 0 saturated carbocycles. The molecule has 27 heavy (non-hydrogen) atoms. The monoisotopic (exact) mass is 378 g/mol. The third-order valence-corrected chi connectivity index (χ3v) is 5.23. The van der Waals surface area contributed by atoms with Crippen molar-refractivity contribution in [1.82, 2.24) is 25.2 Å². The summed E-state index contributed by atoms with van der Waals surface area (Å²) in [6, 6.07) is 2.02. The van der Waals surface area contributed by atoms with Gasteiger partial charge in [-0.25, -0.2) is 0 Å². The Balaban J connectivity index is 1.38. The van der Waals surface area contributed by atoms with Crippen LogP contribution in [0.25, 0.3) is 0 Å². The number of ether oxygens (including phenoxy) is 1. The lowest BCUT2D eigenvalue weighted by molar-refractivity contribution is 0.0320. The topological polar surface area (TPSA) is 69.4 Å². The Hall–Kier alpha value is -1.64. The summed E-state index contributed by atoms with van der Waals surface area (Å²) >= 11 is 0. The average molecular weight is 379 g/mol. The molecule has 0 aromatic carbocycles. The first-order valence-electron chi connectivity index (χ1n) is 10.0. The molecular formula is C19H34N6O2. The summed E-state index contributed by atoms with van der Waals surface area (Å²) in [5, 5.41) is 7.67. The van der Waals surface area contributed by atoms with Gasteiger partial charge in [0.25, 0.3) is 0 Å². The highest BCUT2D eigenvalue weighted by molar-refractivity contribution is 5.80. The van der Waals surface area contributed by atoms with Crippen LogP contribution in [0.5, 0.6) is 0 Å². The minimum absolute atomic E-state index is 0.580. The highest BCUT2D eigenvalue weighted by Gasteiger charge is 2.21. The Kier molecular flexibility index (Phi) is 7.49. The van der Waals surface area contributed by atoms with Gasteiger partial charge in [0.2, 0.25) is 0 Å². The fourth-order valence-electron chi connectivity index (χ4n) is 3.73. The number of aryl methyl sites for hydroxylation is 1. The highest BCUT2D eigenvalue weighted by atomic mass is 16.5. The molecule has 1 unspecified atom stereocenters. The van der Waals surface area contributed by atoms with E-state index >= 15 is 0 Å². The largest absolute Gasteiger partial charge is 0.379 e. The average Bonchev–Trinajstić information content (AvgIpc) is 3.09. The Morgan fingerprint density at radius 3 is 2.56 bits per heavy atom. The van der Waals surface area contributed by atoms with Crippen LogP contribution in [-0.4, -0.2) is 98.4 Å². The number of morpholine rings is 1. The predicted molar refractivity (Wildman–Crippen MR) is 106 cm³/mol. The van der Waals surface area contributed by atoms with Crippen molar-refractivity contribution in [1.29, 1.82) is 0 Å². The van der Waals surface area contributed by atoms with Gasteiger partial charge in [0, 0.05) is 72.0 Å². The van der Waals surface area contributed by atoms with Crippen LogP contribution in [0, 0.1) is 12.8 Å². The summed E-state index contributed by atoms with van der Waals surface area (Å²) in [6.07, 6.45) is 0. The number of piperazine rings is 1. The molecule has 1 aromatic heterocycles. The van der Waals surface area contributed by atoms with Crippen molar-refractivity contribution in [2.45, 2.75) is 20.4 Å². The standard InChI is InChI=1S/C19H34N6O2/c1-16(14-24-8-10-26-11-9-24)13-21-19(20-3)25-6-4-23(5-7-25)15-18-12-17(2)27-22-18/h12,16H,4-11,13-15H2,1-3H3,(H,20,21). The third kappa shape index (κ3) is 6.19. The first-order chi connectivity index (χ1) is 13.1. The number of rotatable bonds is 6. The van der Waals surface area contributed by atoms with Gasteiger partial charge in [0.1, 0.15) is 5.76 Å². The highest BCUT2D eigenvalue weighted by Crippen LogP contribution is 2.09. The van der Waals surface area contributed by atoms with Gasteiger partial charge in [0.15, 0.2) is 5.96 Å². The molecular weight excluding hydrogens is 344 g/mol. The molecule has 0 radical (unpaired) electrons. The van der Waals surface area contributed by atoms with E-state index in [-0.39, 0.29) is 0 Å². The second-order valence-electron chi connectivity index (χ2n) is 7.64. The zero-order valence-electron chi connectivity index (χ0n) is 17.0. The Morgan fingerprint density at radius 2 is 1.93 bits per heavy atom. The van der Waals surface area contributed by atoms with Gasteiger partial charge in [-0.2, -0.15) is 0 Å². The molecule has 3 rings (SSSR count). The number of aromatic nitrogens is 1. The van der Waals surface area contributed by atoms with Crippen LogP contribution in [-0.2, 0) is 11.3 Å². The molecule has 2 aliphatic heterocycles. The quantitative estimate of drug-likeness (QED) is 0.576. The van der Waals surface area contributed by atoms with Crippen molar-refractivity contribution in [2.75, 3.05) is 72.6 Å². The summed E-state index contributed by atoms with van der Waals surface area (Å²) in [5.41, 5.74) is 1.01. The fourth-order valence-corrected chi connectivity index (χ4v) is 3.73. The lowest BCUT2D eigenvalue weighted by Gasteiger charge is -2.36. The van der Waals surface area contributed by atoms with Gasteiger partial charge in [-0.1, -0.05) is 12.1 Å². The molecule has 8 heteroatoms. The molecule has 0 bridgehead atoms. The molecule has 0 aliphatic carbocycles. The number of nitrogens with one attached hydrogen (secondary N) is 1. The van der Waals surface area contributed by atoms with E-state index in [4.69, 9.17) is 9.26 Å². The van der Waals surface area contributed by atoms with Crippen LogP contribution < -0.4 is 5.32 Å². The van der Waals surface area contributed by atoms with Crippen LogP contribution in [0.4, 0.5) is 0 Å². The minimum Gasteiger partial charge on any atom is -0.379 e. The minimum atomic E-state index is 0.580. The third-order valence-electron chi connectivity index (χ3n) is 5.23. The first kappa shape index (κ1) is 20.1. The number of guanidine groups is 1. The number of hydrogen-bond acceptors (Lipinski definition) is 6. The molecule has 1 N–H and O–H groups in total. The summed E-state index contributed by atoms with van der Waals surface area (Å²) in [4.78, 5) is 11.8. The summed E-state index contributed by atoms with van der Waals surface area (Å²) < 4.78 is 10.6. The SMILES string of the molecule is CN=C(NCC(C)CN1CCOCC1)N1CCN(Cc2cc(C)on2)CC1.